The summed E-state index contributed by atoms with van der Waals surface area (Å²) in [6.07, 6.45) is 1.40. The summed E-state index contributed by atoms with van der Waals surface area (Å²) in [5.41, 5.74) is 2.07. The molecule has 0 spiro atoms. The zero-order valence-electron chi connectivity index (χ0n) is 9.60. The van der Waals surface area contributed by atoms with Gasteiger partial charge >= 0.3 is 5.97 Å². The lowest BCUT2D eigenvalue weighted by Crippen LogP contribution is -2.67. The molecule has 1 aromatic carbocycles. The first-order chi connectivity index (χ1) is 8.20. The molecule has 2 N–H and O–H groups in total. The van der Waals surface area contributed by atoms with Crippen LogP contribution in [0, 0.1) is 0 Å². The number of piperidine rings is 1. The highest BCUT2D eigenvalue weighted by molar-refractivity contribution is 5.70. The van der Waals surface area contributed by atoms with Crippen molar-refractivity contribution in [2.24, 2.45) is 0 Å². The van der Waals surface area contributed by atoms with E-state index in [-0.39, 0.29) is 6.42 Å². The van der Waals surface area contributed by atoms with E-state index in [0.29, 0.717) is 12.1 Å². The number of aliphatic carboxylic acids is 1. The number of nitrogens with zero attached hydrogens (tertiary/aromatic N) is 1. The summed E-state index contributed by atoms with van der Waals surface area (Å²) < 4.78 is 0. The van der Waals surface area contributed by atoms with E-state index >= 15 is 0 Å². The first-order valence-corrected chi connectivity index (χ1v) is 6.02. The van der Waals surface area contributed by atoms with Gasteiger partial charge in [0.25, 0.3) is 0 Å². The molecule has 0 radical (unpaired) electrons. The molecule has 0 aromatic heterocycles. The summed E-state index contributed by atoms with van der Waals surface area (Å²) in [6, 6.07) is 9.18. The number of anilines is 1. The topological polar surface area (TPSA) is 52.6 Å². The Morgan fingerprint density at radius 1 is 1.29 bits per heavy atom. The second kappa shape index (κ2) is 4.04. The minimum absolute atomic E-state index is 0.104. The van der Waals surface area contributed by atoms with Crippen LogP contribution < -0.4 is 10.2 Å². The normalized spacial score (nSPS) is 26.5. The number of carboxylic acids is 1. The molecule has 3 aliphatic heterocycles. The molecule has 2 bridgehead atoms. The number of hydrogen-bond donors (Lipinski definition) is 2. The van der Waals surface area contributed by atoms with E-state index in [2.05, 4.69) is 10.2 Å². The summed E-state index contributed by atoms with van der Waals surface area (Å²) in [5.74, 6) is -0.777. The molecule has 3 fully saturated rings. The first-order valence-electron chi connectivity index (χ1n) is 6.02. The van der Waals surface area contributed by atoms with Gasteiger partial charge in [-0.15, -0.1) is 0 Å². The number of nitrogens with one attached hydrogen (secondary N) is 1. The van der Waals surface area contributed by atoms with Gasteiger partial charge in [-0.3, -0.25) is 4.79 Å². The Labute approximate surface area is 100 Å². The number of carboxylic acid groups (broad SMARTS) is 1. The third kappa shape index (κ3) is 2.13. The van der Waals surface area contributed by atoms with Crippen molar-refractivity contribution in [2.45, 2.75) is 24.9 Å². The standard InChI is InChI=1S/C13H16N2O2/c16-13(17)5-9-1-3-12(4-2-9)15-7-10-6-11(8-15)14-10/h1-4,10-11,14H,5-8H2,(H,16,17). The number of rotatable bonds is 3. The maximum absolute atomic E-state index is 10.6. The molecule has 4 nitrogen and oxygen atoms in total. The Bertz CT molecular complexity index is 414. The zero-order chi connectivity index (χ0) is 11.8. The van der Waals surface area contributed by atoms with Crippen LogP contribution in [0.1, 0.15) is 12.0 Å². The maximum atomic E-state index is 10.6. The molecule has 0 aliphatic carbocycles. The Hall–Kier alpha value is -1.55. The second-order valence-corrected chi connectivity index (χ2v) is 4.94. The van der Waals surface area contributed by atoms with Gasteiger partial charge in [-0.2, -0.15) is 0 Å². The van der Waals surface area contributed by atoms with Crippen LogP contribution >= 0.6 is 0 Å². The van der Waals surface area contributed by atoms with Crippen LogP contribution in [0.15, 0.2) is 24.3 Å². The molecule has 3 saturated heterocycles. The fraction of sp³-hybridized carbons (Fsp3) is 0.462. The molecule has 1 aromatic rings. The van der Waals surface area contributed by atoms with Gasteiger partial charge in [-0.1, -0.05) is 12.1 Å². The molecule has 17 heavy (non-hydrogen) atoms. The van der Waals surface area contributed by atoms with E-state index in [4.69, 9.17) is 5.11 Å². The highest BCUT2D eigenvalue weighted by Gasteiger charge is 2.36. The second-order valence-electron chi connectivity index (χ2n) is 4.94. The zero-order valence-corrected chi connectivity index (χ0v) is 9.60. The fourth-order valence-corrected chi connectivity index (χ4v) is 2.72. The molecule has 0 saturated carbocycles. The van der Waals surface area contributed by atoms with Crippen molar-refractivity contribution in [2.75, 3.05) is 18.0 Å². The Balaban J connectivity index is 1.69. The van der Waals surface area contributed by atoms with Crippen LogP contribution in [-0.4, -0.2) is 36.2 Å². The van der Waals surface area contributed by atoms with Gasteiger partial charge < -0.3 is 15.3 Å². The molecule has 4 rings (SSSR count). The Morgan fingerprint density at radius 2 is 1.88 bits per heavy atom. The largest absolute Gasteiger partial charge is 0.481 e. The van der Waals surface area contributed by atoms with Gasteiger partial charge in [0.15, 0.2) is 0 Å². The maximum Gasteiger partial charge on any atom is 0.307 e. The van der Waals surface area contributed by atoms with Crippen LogP contribution in [0.2, 0.25) is 0 Å². The van der Waals surface area contributed by atoms with Crippen LogP contribution in [0.25, 0.3) is 0 Å². The van der Waals surface area contributed by atoms with Crippen LogP contribution in [0.4, 0.5) is 5.69 Å². The Kier molecular flexibility index (Phi) is 2.52. The van der Waals surface area contributed by atoms with E-state index in [0.717, 1.165) is 18.7 Å². The quantitative estimate of drug-likeness (QED) is 0.811. The number of piperazine rings is 1. The predicted octanol–water partition coefficient (Wildman–Crippen LogP) is 0.864. The van der Waals surface area contributed by atoms with Crippen molar-refractivity contribution >= 4 is 11.7 Å². The van der Waals surface area contributed by atoms with Crippen LogP contribution in [0.5, 0.6) is 0 Å². The van der Waals surface area contributed by atoms with Crippen molar-refractivity contribution in [3.8, 4) is 0 Å². The third-order valence-electron chi connectivity index (χ3n) is 3.58. The number of carbonyl (C=O) groups is 1. The van der Waals surface area contributed by atoms with Gasteiger partial charge in [-0.25, -0.2) is 0 Å². The number of benzene rings is 1. The van der Waals surface area contributed by atoms with Gasteiger partial charge in [-0.05, 0) is 24.1 Å². The van der Waals surface area contributed by atoms with Crippen molar-refractivity contribution in [3.63, 3.8) is 0 Å². The SMILES string of the molecule is O=C(O)Cc1ccc(N2CC3CC(C2)N3)cc1. The molecule has 0 amide bonds. The molecule has 2 atom stereocenters. The predicted molar refractivity (Wildman–Crippen MR) is 65.3 cm³/mol. The van der Waals surface area contributed by atoms with Crippen LogP contribution in [0.3, 0.4) is 0 Å². The van der Waals surface area contributed by atoms with E-state index in [9.17, 15) is 4.79 Å². The van der Waals surface area contributed by atoms with E-state index in [1.54, 1.807) is 0 Å². The summed E-state index contributed by atoms with van der Waals surface area (Å²) >= 11 is 0. The minimum Gasteiger partial charge on any atom is -0.481 e. The Morgan fingerprint density at radius 3 is 2.41 bits per heavy atom. The van der Waals surface area contributed by atoms with Gasteiger partial charge in [0, 0.05) is 30.9 Å². The van der Waals surface area contributed by atoms with Gasteiger partial charge in [0.1, 0.15) is 0 Å². The lowest BCUT2D eigenvalue weighted by molar-refractivity contribution is -0.136. The van der Waals surface area contributed by atoms with Crippen molar-refractivity contribution < 1.29 is 9.90 Å². The van der Waals surface area contributed by atoms with Crippen molar-refractivity contribution in [1.29, 1.82) is 0 Å². The molecular weight excluding hydrogens is 216 g/mol. The highest BCUT2D eigenvalue weighted by Crippen LogP contribution is 2.26. The molecule has 4 heteroatoms. The van der Waals surface area contributed by atoms with Crippen molar-refractivity contribution in [1.82, 2.24) is 5.32 Å². The molecule has 3 aliphatic rings. The van der Waals surface area contributed by atoms with Gasteiger partial charge in [0.2, 0.25) is 0 Å². The van der Waals surface area contributed by atoms with E-state index in [1.807, 2.05) is 24.3 Å². The summed E-state index contributed by atoms with van der Waals surface area (Å²) in [5, 5.41) is 12.2. The highest BCUT2D eigenvalue weighted by atomic mass is 16.4. The molecule has 90 valence electrons. The minimum atomic E-state index is -0.777. The first kappa shape index (κ1) is 10.6. The number of fused-ring (bicyclic) bond motifs is 2. The molecule has 2 unspecified atom stereocenters. The monoisotopic (exact) mass is 232 g/mol. The summed E-state index contributed by atoms with van der Waals surface area (Å²) in [7, 11) is 0. The van der Waals surface area contributed by atoms with Crippen LogP contribution in [-0.2, 0) is 11.2 Å². The van der Waals surface area contributed by atoms with E-state index in [1.165, 1.54) is 12.1 Å². The number of hydrogen-bond acceptors (Lipinski definition) is 3. The van der Waals surface area contributed by atoms with E-state index < -0.39 is 5.97 Å². The molecule has 3 heterocycles. The van der Waals surface area contributed by atoms with Crippen molar-refractivity contribution in [3.05, 3.63) is 29.8 Å². The smallest absolute Gasteiger partial charge is 0.307 e. The fourth-order valence-electron chi connectivity index (χ4n) is 2.72. The lowest BCUT2D eigenvalue weighted by Gasteiger charge is -2.49. The average molecular weight is 232 g/mol. The summed E-state index contributed by atoms with van der Waals surface area (Å²) in [6.45, 7) is 2.13. The third-order valence-corrected chi connectivity index (χ3v) is 3.58. The summed E-state index contributed by atoms with van der Waals surface area (Å²) in [4.78, 5) is 13.0. The average Bonchev–Trinajstić information content (AvgIpc) is 2.28. The molecular formula is C13H16N2O2. The lowest BCUT2D eigenvalue weighted by atomic mass is 9.91. The van der Waals surface area contributed by atoms with Gasteiger partial charge in [0.05, 0.1) is 6.42 Å².